The van der Waals surface area contributed by atoms with Crippen LogP contribution in [0.3, 0.4) is 0 Å². The Morgan fingerprint density at radius 1 is 1.10 bits per heavy atom. The van der Waals surface area contributed by atoms with E-state index < -0.39 is 32.9 Å². The van der Waals surface area contributed by atoms with E-state index in [-0.39, 0.29) is 24.3 Å². The van der Waals surface area contributed by atoms with Gasteiger partial charge in [0.15, 0.2) is 0 Å². The predicted octanol–water partition coefficient (Wildman–Crippen LogP) is 4.27. The van der Waals surface area contributed by atoms with Crippen molar-refractivity contribution in [3.05, 3.63) is 61.2 Å². The Labute approximate surface area is 243 Å². The summed E-state index contributed by atoms with van der Waals surface area (Å²) < 4.78 is -1.10. The van der Waals surface area contributed by atoms with Gasteiger partial charge < -0.3 is 19.8 Å². The summed E-state index contributed by atoms with van der Waals surface area (Å²) in [5.74, 6) is -1.31. The van der Waals surface area contributed by atoms with Crippen LogP contribution >= 0.6 is 11.8 Å². The molecule has 1 spiro atoms. The lowest BCUT2D eigenvalue weighted by Crippen LogP contribution is -2.58. The van der Waals surface area contributed by atoms with Crippen molar-refractivity contribution in [2.45, 2.75) is 81.0 Å². The fourth-order valence-electron chi connectivity index (χ4n) is 7.08. The lowest BCUT2D eigenvalue weighted by Gasteiger charge is -2.42. The summed E-state index contributed by atoms with van der Waals surface area (Å²) >= 11 is 1.70. The Bertz CT molecular complexity index is 1130. The zero-order valence-corrected chi connectivity index (χ0v) is 25.3. The van der Waals surface area contributed by atoms with Crippen LogP contribution in [0.25, 0.3) is 0 Å². The van der Waals surface area contributed by atoms with Gasteiger partial charge in [-0.05, 0) is 58.9 Å². The molecule has 2 bridgehead atoms. The van der Waals surface area contributed by atoms with E-state index in [4.69, 9.17) is 0 Å². The number of carbonyl (C=O) groups excluding carboxylic acids is 3. The number of nitrogens with zero attached hydrogens (tertiary/aromatic N) is 3. The minimum atomic E-state index is -0.667. The first kappa shape index (κ1) is 30.4. The molecule has 1 aromatic carbocycles. The summed E-state index contributed by atoms with van der Waals surface area (Å²) in [4.78, 5) is 48.6. The maximum Gasteiger partial charge on any atom is 0.247 e. The van der Waals surface area contributed by atoms with Crippen LogP contribution in [0.5, 0.6) is 0 Å². The third-order valence-corrected chi connectivity index (χ3v) is 10.8. The number of hydrogen-bond acceptors (Lipinski definition) is 5. The molecule has 3 fully saturated rings. The molecule has 0 aromatic heterocycles. The maximum absolute atomic E-state index is 14.5. The van der Waals surface area contributed by atoms with Gasteiger partial charge in [0.05, 0.1) is 16.6 Å². The van der Waals surface area contributed by atoms with Crippen LogP contribution in [0.2, 0.25) is 0 Å². The van der Waals surface area contributed by atoms with E-state index in [1.54, 1.807) is 28.8 Å². The van der Waals surface area contributed by atoms with Crippen molar-refractivity contribution in [1.29, 1.82) is 0 Å². The minimum absolute atomic E-state index is 0.0315. The van der Waals surface area contributed by atoms with Crippen LogP contribution in [-0.2, 0) is 20.9 Å². The number of fused-ring (bicyclic) bond motifs is 1. The van der Waals surface area contributed by atoms with E-state index in [9.17, 15) is 19.5 Å². The van der Waals surface area contributed by atoms with Crippen LogP contribution in [0.1, 0.15) is 58.9 Å². The molecule has 1 aromatic rings. The van der Waals surface area contributed by atoms with Gasteiger partial charge in [0.25, 0.3) is 0 Å². The Kier molecular flexibility index (Phi) is 8.91. The van der Waals surface area contributed by atoms with E-state index >= 15 is 0 Å². The zero-order valence-electron chi connectivity index (χ0n) is 24.5. The van der Waals surface area contributed by atoms with Gasteiger partial charge in [0.2, 0.25) is 17.7 Å². The van der Waals surface area contributed by atoms with Crippen LogP contribution in [0.15, 0.2) is 55.6 Å². The molecule has 218 valence electrons. The molecule has 7 nitrogen and oxygen atoms in total. The Balaban J connectivity index is 1.75. The van der Waals surface area contributed by atoms with Crippen molar-refractivity contribution in [2.24, 2.45) is 11.8 Å². The smallest absolute Gasteiger partial charge is 0.247 e. The molecule has 2 unspecified atom stereocenters. The van der Waals surface area contributed by atoms with Crippen LogP contribution in [0, 0.1) is 11.8 Å². The fourth-order valence-corrected chi connectivity index (χ4v) is 9.42. The number of amides is 3. The minimum Gasteiger partial charge on any atom is -0.396 e. The number of aliphatic hydroxyl groups is 1. The molecule has 3 saturated heterocycles. The van der Waals surface area contributed by atoms with Crippen molar-refractivity contribution >= 4 is 29.5 Å². The molecule has 0 aliphatic carbocycles. The van der Waals surface area contributed by atoms with E-state index in [2.05, 4.69) is 20.1 Å². The van der Waals surface area contributed by atoms with Crippen molar-refractivity contribution in [3.8, 4) is 0 Å². The standard InChI is InChI=1S/C32H45N3O4S/c1-7-18-33(22-23-14-10-9-11-15-23)27(37)24-25-28(38)34(20-12-13-21-36)26(32(25)17-16-31(24,6)40-32)29(39)35(19-8-2)30(3,4)5/h7-11,14-15,24-26,36H,1-2,12-13,16-22H2,3-6H3/t24-,25-,26?,31+,32?/m0/s1. The van der Waals surface area contributed by atoms with E-state index in [1.165, 1.54) is 0 Å². The quantitative estimate of drug-likeness (QED) is 0.302. The number of aliphatic hydroxyl groups excluding tert-OH is 1. The van der Waals surface area contributed by atoms with E-state index in [0.717, 1.165) is 12.0 Å². The molecule has 3 amide bonds. The van der Waals surface area contributed by atoms with E-state index in [0.29, 0.717) is 45.4 Å². The Hall–Kier alpha value is -2.58. The Morgan fingerprint density at radius 2 is 1.77 bits per heavy atom. The second kappa shape index (κ2) is 11.7. The van der Waals surface area contributed by atoms with Crippen LogP contribution in [0.4, 0.5) is 0 Å². The van der Waals surface area contributed by atoms with Gasteiger partial charge in [-0.15, -0.1) is 24.9 Å². The first-order valence-electron chi connectivity index (χ1n) is 14.4. The molecule has 3 heterocycles. The summed E-state index contributed by atoms with van der Waals surface area (Å²) in [5.41, 5.74) is 0.562. The summed E-state index contributed by atoms with van der Waals surface area (Å²) in [7, 11) is 0. The number of benzene rings is 1. The van der Waals surface area contributed by atoms with Gasteiger partial charge in [0, 0.05) is 43.1 Å². The average molecular weight is 568 g/mol. The molecule has 4 rings (SSSR count). The number of unbranched alkanes of at least 4 members (excludes halogenated alkanes) is 1. The maximum atomic E-state index is 14.5. The third kappa shape index (κ3) is 5.25. The first-order valence-corrected chi connectivity index (χ1v) is 15.2. The normalized spacial score (nSPS) is 28.9. The second-order valence-corrected chi connectivity index (χ2v) is 14.5. The van der Waals surface area contributed by atoms with Gasteiger partial charge in [-0.25, -0.2) is 0 Å². The van der Waals surface area contributed by atoms with Crippen molar-refractivity contribution in [2.75, 3.05) is 26.2 Å². The average Bonchev–Trinajstić information content (AvgIpc) is 3.47. The van der Waals surface area contributed by atoms with Gasteiger partial charge in [-0.3, -0.25) is 14.4 Å². The van der Waals surface area contributed by atoms with Crippen molar-refractivity contribution in [3.63, 3.8) is 0 Å². The molecular formula is C32H45N3O4S. The van der Waals surface area contributed by atoms with Gasteiger partial charge in [-0.2, -0.15) is 0 Å². The molecule has 0 saturated carbocycles. The number of thioether (sulfide) groups is 1. The zero-order chi connectivity index (χ0) is 29.3. The van der Waals surface area contributed by atoms with Gasteiger partial charge in [-0.1, -0.05) is 42.5 Å². The highest BCUT2D eigenvalue weighted by atomic mass is 32.2. The second-order valence-electron chi connectivity index (χ2n) is 12.6. The highest BCUT2D eigenvalue weighted by molar-refractivity contribution is 8.02. The number of carbonyl (C=O) groups is 3. The van der Waals surface area contributed by atoms with Crippen LogP contribution in [-0.4, -0.2) is 84.8 Å². The molecule has 0 radical (unpaired) electrons. The topological polar surface area (TPSA) is 81.2 Å². The molecule has 3 aliphatic heterocycles. The third-order valence-electron chi connectivity index (χ3n) is 8.85. The van der Waals surface area contributed by atoms with Crippen molar-refractivity contribution in [1.82, 2.24) is 14.7 Å². The summed E-state index contributed by atoms with van der Waals surface area (Å²) in [6.45, 7) is 17.5. The molecular weight excluding hydrogens is 522 g/mol. The fraction of sp³-hybridized carbons (Fsp3) is 0.594. The van der Waals surface area contributed by atoms with E-state index in [1.807, 2.05) is 60.9 Å². The lowest BCUT2D eigenvalue weighted by atomic mass is 9.66. The molecule has 3 aliphatic rings. The summed E-state index contributed by atoms with van der Waals surface area (Å²) in [6.07, 6.45) is 6.11. The number of likely N-dealkylation sites (tertiary alicyclic amines) is 1. The lowest BCUT2D eigenvalue weighted by molar-refractivity contribution is -0.146. The molecule has 8 heteroatoms. The van der Waals surface area contributed by atoms with Crippen LogP contribution < -0.4 is 0 Å². The predicted molar refractivity (Wildman–Crippen MR) is 160 cm³/mol. The summed E-state index contributed by atoms with van der Waals surface area (Å²) in [5, 5.41) is 9.44. The number of rotatable bonds is 12. The highest BCUT2D eigenvalue weighted by Crippen LogP contribution is 2.71. The monoisotopic (exact) mass is 567 g/mol. The molecule has 1 N–H and O–H groups in total. The summed E-state index contributed by atoms with van der Waals surface area (Å²) in [6, 6.07) is 9.21. The largest absolute Gasteiger partial charge is 0.396 e. The van der Waals surface area contributed by atoms with Gasteiger partial charge in [0.1, 0.15) is 6.04 Å². The molecule has 40 heavy (non-hydrogen) atoms. The molecule has 5 atom stereocenters. The first-order chi connectivity index (χ1) is 18.9. The number of hydrogen-bond donors (Lipinski definition) is 1. The van der Waals surface area contributed by atoms with Crippen molar-refractivity contribution < 1.29 is 19.5 Å². The SMILES string of the molecule is C=CCN(Cc1ccccc1)C(=O)[C@@H]1[C@H]2C(=O)N(CCCCO)C(C(=O)N(CC=C)C(C)(C)C)C23CC[C@@]1(C)S3. The highest BCUT2D eigenvalue weighted by Gasteiger charge is 2.77. The van der Waals surface area contributed by atoms with Gasteiger partial charge >= 0.3 is 0 Å². The Morgan fingerprint density at radius 3 is 2.38 bits per heavy atom.